The van der Waals surface area contributed by atoms with Crippen molar-refractivity contribution in [1.29, 1.82) is 0 Å². The number of hydrazone groups is 1. The van der Waals surface area contributed by atoms with E-state index in [1.54, 1.807) is 38.4 Å². The predicted molar refractivity (Wildman–Crippen MR) is 121 cm³/mol. The molecule has 4 rings (SSSR count). The zero-order valence-electron chi connectivity index (χ0n) is 17.7. The second-order valence-electron chi connectivity index (χ2n) is 7.42. The van der Waals surface area contributed by atoms with Crippen molar-refractivity contribution >= 4 is 29.1 Å². The maximum Gasteiger partial charge on any atom is 0.289 e. The number of rotatable bonds is 6. The molecule has 0 fully saturated rings. The molecule has 0 aliphatic carbocycles. The molecule has 0 saturated heterocycles. The fourth-order valence-corrected chi connectivity index (χ4v) is 3.70. The van der Waals surface area contributed by atoms with Gasteiger partial charge < -0.3 is 14.1 Å². The molecule has 1 unspecified atom stereocenters. The minimum absolute atomic E-state index is 0.136. The molecule has 164 valence electrons. The molecule has 0 N–H and O–H groups in total. The molecular weight excluding hydrogens is 430 g/mol. The summed E-state index contributed by atoms with van der Waals surface area (Å²) in [6.45, 7) is -0.136. The Kier molecular flexibility index (Phi) is 6.28. The van der Waals surface area contributed by atoms with Crippen molar-refractivity contribution in [2.75, 3.05) is 20.7 Å². The Morgan fingerprint density at radius 3 is 2.50 bits per heavy atom. The summed E-state index contributed by atoms with van der Waals surface area (Å²) in [4.78, 5) is 27.0. The number of furan rings is 1. The molecule has 2 amide bonds. The molecule has 0 saturated carbocycles. The maximum absolute atomic E-state index is 13.2. The fourth-order valence-electron chi connectivity index (χ4n) is 3.58. The van der Waals surface area contributed by atoms with Gasteiger partial charge >= 0.3 is 0 Å². The summed E-state index contributed by atoms with van der Waals surface area (Å²) in [5.41, 5.74) is 2.59. The highest BCUT2D eigenvalue weighted by molar-refractivity contribution is 6.30. The second-order valence-corrected chi connectivity index (χ2v) is 7.86. The maximum atomic E-state index is 13.2. The minimum atomic E-state index is -0.370. The van der Waals surface area contributed by atoms with Gasteiger partial charge in [-0.25, -0.2) is 5.01 Å². The number of halogens is 1. The van der Waals surface area contributed by atoms with Crippen LogP contribution in [0.4, 0.5) is 0 Å². The zero-order valence-corrected chi connectivity index (χ0v) is 18.5. The van der Waals surface area contributed by atoms with Crippen LogP contribution >= 0.6 is 11.6 Å². The number of carbonyl (C=O) groups excluding carboxylic acids is 2. The Balaban J connectivity index is 1.59. The fraction of sp³-hybridized carbons (Fsp3) is 0.208. The van der Waals surface area contributed by atoms with Crippen molar-refractivity contribution in [3.63, 3.8) is 0 Å². The lowest BCUT2D eigenvalue weighted by molar-refractivity contribution is -0.133. The summed E-state index contributed by atoms with van der Waals surface area (Å²) >= 11 is 6.05. The summed E-state index contributed by atoms with van der Waals surface area (Å²) in [5.74, 6) is 0.256. The summed E-state index contributed by atoms with van der Waals surface area (Å²) < 4.78 is 10.4. The van der Waals surface area contributed by atoms with Crippen LogP contribution in [0.5, 0.6) is 5.75 Å². The molecule has 7 nitrogen and oxygen atoms in total. The topological polar surface area (TPSA) is 75.3 Å². The van der Waals surface area contributed by atoms with Crippen LogP contribution in [0.2, 0.25) is 5.02 Å². The van der Waals surface area contributed by atoms with E-state index in [4.69, 9.17) is 20.8 Å². The first-order valence-electron chi connectivity index (χ1n) is 10.0. The lowest BCUT2D eigenvalue weighted by Gasteiger charge is -2.24. The van der Waals surface area contributed by atoms with Gasteiger partial charge in [0.05, 0.1) is 25.1 Å². The number of amides is 2. The van der Waals surface area contributed by atoms with E-state index < -0.39 is 0 Å². The Morgan fingerprint density at radius 2 is 1.88 bits per heavy atom. The average molecular weight is 452 g/mol. The lowest BCUT2D eigenvalue weighted by Crippen LogP contribution is -2.39. The first-order chi connectivity index (χ1) is 15.5. The van der Waals surface area contributed by atoms with Crippen molar-refractivity contribution in [3.8, 4) is 5.75 Å². The Hall–Kier alpha value is -3.58. The molecule has 3 aromatic rings. The molecule has 32 heavy (non-hydrogen) atoms. The van der Waals surface area contributed by atoms with Crippen LogP contribution < -0.4 is 4.74 Å². The van der Waals surface area contributed by atoms with Gasteiger partial charge in [-0.2, -0.15) is 5.10 Å². The van der Waals surface area contributed by atoms with Crippen molar-refractivity contribution < 1.29 is 18.7 Å². The predicted octanol–water partition coefficient (Wildman–Crippen LogP) is 4.39. The van der Waals surface area contributed by atoms with Gasteiger partial charge in [-0.1, -0.05) is 23.7 Å². The first-order valence-corrected chi connectivity index (χ1v) is 10.4. The summed E-state index contributed by atoms with van der Waals surface area (Å²) in [5, 5.41) is 6.70. The largest absolute Gasteiger partial charge is 0.497 e. The molecule has 0 spiro atoms. The molecule has 1 atom stereocenters. The second kappa shape index (κ2) is 9.28. The van der Waals surface area contributed by atoms with Crippen LogP contribution in [-0.2, 0) is 4.79 Å². The molecule has 8 heteroatoms. The van der Waals surface area contributed by atoms with E-state index in [9.17, 15) is 9.59 Å². The number of carbonyl (C=O) groups is 2. The third-order valence-electron chi connectivity index (χ3n) is 5.30. The van der Waals surface area contributed by atoms with Crippen molar-refractivity contribution in [1.82, 2.24) is 9.91 Å². The van der Waals surface area contributed by atoms with Crippen LogP contribution in [0, 0.1) is 0 Å². The monoisotopic (exact) mass is 451 g/mol. The number of hydrogen-bond donors (Lipinski definition) is 0. The van der Waals surface area contributed by atoms with Gasteiger partial charge in [-0.15, -0.1) is 0 Å². The van der Waals surface area contributed by atoms with E-state index in [2.05, 4.69) is 5.10 Å². The number of ether oxygens (including phenoxy) is 1. The van der Waals surface area contributed by atoms with E-state index >= 15 is 0 Å². The molecule has 0 radical (unpaired) electrons. The highest BCUT2D eigenvalue weighted by atomic mass is 35.5. The van der Waals surface area contributed by atoms with Crippen molar-refractivity contribution in [2.45, 2.75) is 12.5 Å². The van der Waals surface area contributed by atoms with Crippen LogP contribution in [0.15, 0.2) is 76.4 Å². The summed E-state index contributed by atoms with van der Waals surface area (Å²) in [6.07, 6.45) is 1.96. The molecule has 2 heterocycles. The first kappa shape index (κ1) is 21.6. The van der Waals surface area contributed by atoms with Gasteiger partial charge in [-0.3, -0.25) is 9.59 Å². The summed E-state index contributed by atoms with van der Waals surface area (Å²) in [7, 11) is 3.17. The van der Waals surface area contributed by atoms with Crippen LogP contribution in [0.3, 0.4) is 0 Å². The molecular formula is C24H22ClN3O4. The summed E-state index contributed by atoms with van der Waals surface area (Å²) in [6, 6.07) is 17.8. The van der Waals surface area contributed by atoms with Gasteiger partial charge in [-0.05, 0) is 59.7 Å². The molecule has 1 aliphatic rings. The molecule has 2 aromatic carbocycles. The number of benzene rings is 2. The van der Waals surface area contributed by atoms with Gasteiger partial charge in [0.2, 0.25) is 0 Å². The molecule has 1 aliphatic heterocycles. The third kappa shape index (κ3) is 4.53. The van der Waals surface area contributed by atoms with Crippen molar-refractivity contribution in [3.05, 3.63) is 88.8 Å². The van der Waals surface area contributed by atoms with Gasteiger partial charge in [0, 0.05) is 18.5 Å². The Bertz CT molecular complexity index is 1130. The Morgan fingerprint density at radius 1 is 1.16 bits per heavy atom. The van der Waals surface area contributed by atoms with E-state index in [1.807, 2.05) is 36.4 Å². The number of hydrogen-bond acceptors (Lipinski definition) is 5. The molecule has 0 bridgehead atoms. The normalized spacial score (nSPS) is 15.4. The highest BCUT2D eigenvalue weighted by Crippen LogP contribution is 2.33. The zero-order chi connectivity index (χ0) is 22.7. The lowest BCUT2D eigenvalue weighted by atomic mass is 9.98. The standard InChI is InChI=1S/C24H22ClN3O4/c1-27(24(30)22-4-3-13-32-22)15-23(29)28-21(17-5-9-18(25)10-6-17)14-20(26-28)16-7-11-19(31-2)12-8-16/h3-13,21H,14-15H2,1-2H3. The molecule has 1 aromatic heterocycles. The highest BCUT2D eigenvalue weighted by Gasteiger charge is 2.34. The van der Waals surface area contributed by atoms with E-state index in [0.717, 1.165) is 22.6 Å². The Labute approximate surface area is 190 Å². The van der Waals surface area contributed by atoms with Gasteiger partial charge in [0.15, 0.2) is 5.76 Å². The van der Waals surface area contributed by atoms with E-state index in [-0.39, 0.29) is 30.2 Å². The van der Waals surface area contributed by atoms with Crippen molar-refractivity contribution in [2.24, 2.45) is 5.10 Å². The van der Waals surface area contributed by atoms with E-state index in [0.29, 0.717) is 11.4 Å². The van der Waals surface area contributed by atoms with Gasteiger partial charge in [0.25, 0.3) is 11.8 Å². The SMILES string of the molecule is COc1ccc(C2=NN(C(=O)CN(C)C(=O)c3ccco3)C(c3ccc(Cl)cc3)C2)cc1. The van der Waals surface area contributed by atoms with E-state index in [1.165, 1.54) is 16.2 Å². The number of nitrogens with zero attached hydrogens (tertiary/aromatic N) is 3. The van der Waals surface area contributed by atoms with Gasteiger partial charge in [0.1, 0.15) is 12.3 Å². The van der Waals surface area contributed by atoms with Crippen LogP contribution in [-0.4, -0.2) is 48.1 Å². The number of likely N-dealkylation sites (N-methyl/N-ethyl adjacent to an activating group) is 1. The smallest absolute Gasteiger partial charge is 0.289 e. The minimum Gasteiger partial charge on any atom is -0.497 e. The van der Waals surface area contributed by atoms with Crippen LogP contribution in [0.25, 0.3) is 0 Å². The quantitative estimate of drug-likeness (QED) is 0.557. The third-order valence-corrected chi connectivity index (χ3v) is 5.55. The van der Waals surface area contributed by atoms with Crippen LogP contribution in [0.1, 0.15) is 34.1 Å². The average Bonchev–Trinajstić information content (AvgIpc) is 3.50. The number of methoxy groups -OCH3 is 1.